The second-order valence-electron chi connectivity index (χ2n) is 5.77. The molecule has 4 rings (SSSR count). The molecule has 1 aliphatic rings. The van der Waals surface area contributed by atoms with Crippen LogP contribution in [0.2, 0.25) is 0 Å². The Morgan fingerprint density at radius 3 is 1.06 bits per heavy atom. The Kier molecular flexibility index (Phi) is 14.4. The molecule has 0 aliphatic heterocycles. The molecule has 0 bridgehead atoms. The number of hydrogen-bond acceptors (Lipinski definition) is 3. The Balaban J connectivity index is 0. The van der Waals surface area contributed by atoms with Crippen molar-refractivity contribution in [3.05, 3.63) is 93.8 Å². The number of rotatable bonds is 3. The van der Waals surface area contributed by atoms with Gasteiger partial charge in [0.2, 0.25) is 7.12 Å². The molecule has 183 valence electrons. The Bertz CT molecular complexity index is 897. The average Bonchev–Trinajstić information content (AvgIpc) is 3.56. The summed E-state index contributed by atoms with van der Waals surface area (Å²) in [5.74, 6) is 0. The summed E-state index contributed by atoms with van der Waals surface area (Å²) in [5.41, 5.74) is 0. The smallest absolute Gasteiger partial charge is 0.498 e. The number of nitrogens with zero attached hydrogens (tertiary/aromatic N) is 6. The van der Waals surface area contributed by atoms with Gasteiger partial charge in [0.15, 0.2) is 0 Å². The molecule has 1 aliphatic carbocycles. The molecule has 17 heteroatoms. The molecule has 34 heavy (non-hydrogen) atoms. The van der Waals surface area contributed by atoms with E-state index in [1.54, 1.807) is 37.6 Å². The molecule has 0 aromatic carbocycles. The quantitative estimate of drug-likeness (QED) is 0.135. The molecule has 0 unspecified atom stereocenters. The number of allylic oxidation sites excluding steroid dienone is 4. The molecule has 0 saturated heterocycles. The van der Waals surface area contributed by atoms with Crippen molar-refractivity contribution in [1.82, 2.24) is 28.4 Å². The molecule has 0 saturated carbocycles. The maximum absolute atomic E-state index is 10.7. The van der Waals surface area contributed by atoms with E-state index < -0.39 is 7.81 Å². The average molecular weight is 589 g/mol. The van der Waals surface area contributed by atoms with E-state index in [0.29, 0.717) is 0 Å². The van der Waals surface area contributed by atoms with Crippen LogP contribution in [0.1, 0.15) is 12.8 Å². The molecule has 3 aromatic rings. The standard InChI is InChI=1S/C9H9BN6.C6H8.2CO.F6P.Mo/c1-4-14(7-11-1)10(15-5-2-12-8-15)16-6-3-13-9-16;1-2-4-6-5-3-1;2*1-2;1-7(2,3,4,5)6;/h1-9H;1-4H,5-6H2;;;;/q-1;;;;-1;+2. The van der Waals surface area contributed by atoms with Crippen LogP contribution in [0.15, 0.2) is 80.5 Å². The number of hydrogen-bond donors (Lipinski definition) is 0. The maximum atomic E-state index is 9.87. The van der Waals surface area contributed by atoms with Gasteiger partial charge >= 0.3 is 76.7 Å². The minimum absolute atomic E-state index is 0. The van der Waals surface area contributed by atoms with Crippen molar-refractivity contribution in [2.75, 3.05) is 0 Å². The van der Waals surface area contributed by atoms with Gasteiger partial charge in [-0.15, -0.1) is 0 Å². The first kappa shape index (κ1) is 33.5. The molecular weight excluding hydrogens is 572 g/mol. The summed E-state index contributed by atoms with van der Waals surface area (Å²) < 4.78 is 80.1. The normalized spacial score (nSPS) is 13.4. The Hall–Kier alpha value is -2.65. The molecule has 0 atom stereocenters. The summed E-state index contributed by atoms with van der Waals surface area (Å²) >= 11 is 0. The van der Waals surface area contributed by atoms with Gasteiger partial charge in [-0.05, 0) is 31.4 Å². The van der Waals surface area contributed by atoms with Gasteiger partial charge in [-0.3, -0.25) is 0 Å². The van der Waals surface area contributed by atoms with Crippen molar-refractivity contribution in [1.29, 1.82) is 0 Å². The van der Waals surface area contributed by atoms with Crippen LogP contribution in [0.4, 0.5) is 25.2 Å². The van der Waals surface area contributed by atoms with Gasteiger partial charge < -0.3 is 13.4 Å². The SMILES string of the molecule is C1=CCCC=C1.F[P-](F)(F)(F)(F)F.[C-]#[O+].[C-]#[O+].[Mo+2].c1cn([B-](n2ccnc2)n2ccnc2)cn1. The summed E-state index contributed by atoms with van der Waals surface area (Å²) in [4.78, 5) is 12.2. The van der Waals surface area contributed by atoms with Gasteiger partial charge in [-0.1, -0.05) is 24.3 Å². The summed E-state index contributed by atoms with van der Waals surface area (Å²) in [6.45, 7) is 9.00. The third kappa shape index (κ3) is 17.9. The monoisotopic (exact) mass is 591 g/mol. The van der Waals surface area contributed by atoms with Crippen LogP contribution in [0.25, 0.3) is 0 Å². The van der Waals surface area contributed by atoms with E-state index in [2.05, 4.69) is 52.6 Å². The van der Waals surface area contributed by atoms with Crippen molar-refractivity contribution in [3.8, 4) is 0 Å². The van der Waals surface area contributed by atoms with E-state index in [9.17, 15) is 25.2 Å². The van der Waals surface area contributed by atoms with Crippen LogP contribution in [0.3, 0.4) is 0 Å². The van der Waals surface area contributed by atoms with Crippen molar-refractivity contribution in [2.45, 2.75) is 12.8 Å². The van der Waals surface area contributed by atoms with Gasteiger partial charge in [0, 0.05) is 18.6 Å². The fraction of sp³-hybridized carbons (Fsp3) is 0.118. The zero-order chi connectivity index (χ0) is 25.4. The van der Waals surface area contributed by atoms with Crippen LogP contribution in [0, 0.1) is 13.3 Å². The van der Waals surface area contributed by atoms with Crippen LogP contribution < -0.4 is 0 Å². The second kappa shape index (κ2) is 14.6. The summed E-state index contributed by atoms with van der Waals surface area (Å²) in [5, 5.41) is 0. The van der Waals surface area contributed by atoms with Gasteiger partial charge in [0.25, 0.3) is 0 Å². The van der Waals surface area contributed by atoms with Gasteiger partial charge in [-0.2, -0.15) is 0 Å². The summed E-state index contributed by atoms with van der Waals surface area (Å²) in [6, 6.07) is 0. The summed E-state index contributed by atoms with van der Waals surface area (Å²) in [6.07, 6.45) is 27.3. The van der Waals surface area contributed by atoms with Crippen LogP contribution in [0.5, 0.6) is 0 Å². The van der Waals surface area contributed by atoms with Gasteiger partial charge in [0.05, 0.1) is 19.0 Å². The topological polar surface area (TPSA) is 93.3 Å². The number of halogens is 6. The first-order chi connectivity index (χ1) is 15.4. The molecule has 0 N–H and O–H groups in total. The van der Waals surface area contributed by atoms with E-state index in [-0.39, 0.29) is 28.2 Å². The summed E-state index contributed by atoms with van der Waals surface area (Å²) in [7, 11) is -10.7. The minimum Gasteiger partial charge on any atom is -0.498 e. The zero-order valence-corrected chi connectivity index (χ0v) is 20.0. The first-order valence-electron chi connectivity index (χ1n) is 8.61. The van der Waals surface area contributed by atoms with E-state index in [1.807, 2.05) is 32.0 Å². The van der Waals surface area contributed by atoms with Crippen molar-refractivity contribution in [2.24, 2.45) is 0 Å². The Labute approximate surface area is 205 Å². The predicted octanol–water partition coefficient (Wildman–Crippen LogP) is 5.40. The third-order valence-corrected chi connectivity index (χ3v) is 3.26. The second-order valence-corrected chi connectivity index (χ2v) is 7.68. The van der Waals surface area contributed by atoms with E-state index in [0.717, 1.165) is 0 Å². The zero-order valence-electron chi connectivity index (χ0n) is 17.1. The van der Waals surface area contributed by atoms with Crippen molar-refractivity contribution >= 4 is 14.9 Å². The molecule has 0 amide bonds. The molecule has 0 fully saturated rings. The maximum Gasteiger partial charge on any atom is 2.00 e. The third-order valence-electron chi connectivity index (χ3n) is 3.26. The van der Waals surface area contributed by atoms with Gasteiger partial charge in [0.1, 0.15) is 0 Å². The minimum atomic E-state index is -10.7. The first-order valence-corrected chi connectivity index (χ1v) is 10.6. The molecule has 1 radical (unpaired) electrons. The largest absolute Gasteiger partial charge is 2.00 e. The van der Waals surface area contributed by atoms with Crippen LogP contribution in [-0.4, -0.2) is 35.5 Å². The fourth-order valence-electron chi connectivity index (χ4n) is 2.22. The van der Waals surface area contributed by atoms with Crippen molar-refractivity contribution < 1.29 is 55.6 Å². The molecule has 3 aromatic heterocycles. The van der Waals surface area contributed by atoms with E-state index in [1.165, 1.54) is 12.8 Å². The molecule has 8 nitrogen and oxygen atoms in total. The van der Waals surface area contributed by atoms with E-state index in [4.69, 9.17) is 9.30 Å². The number of aromatic nitrogens is 6. The van der Waals surface area contributed by atoms with Crippen LogP contribution >= 0.6 is 7.81 Å². The molecule has 3 heterocycles. The Morgan fingerprint density at radius 2 is 0.912 bits per heavy atom. The molecule has 0 spiro atoms. The fourth-order valence-corrected chi connectivity index (χ4v) is 2.22. The molecular formula is C17H17BF6MoN6O2P. The van der Waals surface area contributed by atoms with E-state index >= 15 is 0 Å². The van der Waals surface area contributed by atoms with Gasteiger partial charge in [-0.25, -0.2) is 15.0 Å². The Morgan fingerprint density at radius 1 is 0.647 bits per heavy atom. The number of imidazole rings is 3. The van der Waals surface area contributed by atoms with Crippen molar-refractivity contribution in [3.63, 3.8) is 0 Å². The predicted molar refractivity (Wildman–Crippen MR) is 108 cm³/mol. The van der Waals surface area contributed by atoms with Crippen LogP contribution in [-0.2, 0) is 30.4 Å².